The summed E-state index contributed by atoms with van der Waals surface area (Å²) < 4.78 is 4.91. The van der Waals surface area contributed by atoms with Crippen LogP contribution in [0.25, 0.3) is 0 Å². The SMILES string of the molecule is COCCN(CCC#N)C(=O)NCc1nc(C(=O)O)cs1. The molecule has 0 aliphatic heterocycles. The summed E-state index contributed by atoms with van der Waals surface area (Å²) in [5, 5.41) is 21.9. The number of nitrogens with one attached hydrogen (secondary N) is 1. The second-order valence-electron chi connectivity index (χ2n) is 3.98. The fourth-order valence-electron chi connectivity index (χ4n) is 1.45. The average molecular weight is 312 g/mol. The van der Waals surface area contributed by atoms with Crippen LogP contribution < -0.4 is 5.32 Å². The van der Waals surface area contributed by atoms with Crippen LogP contribution in [-0.4, -0.2) is 53.8 Å². The first-order valence-corrected chi connectivity index (χ1v) is 7.02. The van der Waals surface area contributed by atoms with Gasteiger partial charge in [-0.25, -0.2) is 14.6 Å². The number of nitriles is 1. The third-order valence-corrected chi connectivity index (χ3v) is 3.36. The van der Waals surface area contributed by atoms with Crippen molar-refractivity contribution in [3.63, 3.8) is 0 Å². The Morgan fingerprint density at radius 3 is 2.90 bits per heavy atom. The summed E-state index contributed by atoms with van der Waals surface area (Å²) in [4.78, 5) is 28.0. The van der Waals surface area contributed by atoms with Crippen LogP contribution in [0.1, 0.15) is 21.9 Å². The van der Waals surface area contributed by atoms with Gasteiger partial charge in [0.1, 0.15) is 5.01 Å². The van der Waals surface area contributed by atoms with E-state index in [0.717, 1.165) is 0 Å². The Morgan fingerprint density at radius 1 is 1.57 bits per heavy atom. The molecule has 0 unspecified atom stereocenters. The van der Waals surface area contributed by atoms with Crippen molar-refractivity contribution in [3.05, 3.63) is 16.1 Å². The van der Waals surface area contributed by atoms with Gasteiger partial charge in [0.25, 0.3) is 0 Å². The van der Waals surface area contributed by atoms with Crippen LogP contribution >= 0.6 is 11.3 Å². The van der Waals surface area contributed by atoms with E-state index in [1.165, 1.54) is 28.7 Å². The van der Waals surface area contributed by atoms with Crippen LogP contribution in [0.5, 0.6) is 0 Å². The first-order valence-electron chi connectivity index (χ1n) is 6.14. The summed E-state index contributed by atoms with van der Waals surface area (Å²) in [6, 6.07) is 1.64. The molecule has 0 fully saturated rings. The lowest BCUT2D eigenvalue weighted by molar-refractivity contribution is 0.0691. The van der Waals surface area contributed by atoms with Crippen molar-refractivity contribution in [1.82, 2.24) is 15.2 Å². The second-order valence-corrected chi connectivity index (χ2v) is 4.92. The summed E-state index contributed by atoms with van der Waals surface area (Å²) in [6.07, 6.45) is 0.234. The molecule has 2 N–H and O–H groups in total. The molecule has 8 nitrogen and oxygen atoms in total. The van der Waals surface area contributed by atoms with Crippen molar-refractivity contribution < 1.29 is 19.4 Å². The zero-order valence-electron chi connectivity index (χ0n) is 11.5. The van der Waals surface area contributed by atoms with Crippen molar-refractivity contribution >= 4 is 23.3 Å². The van der Waals surface area contributed by atoms with Crippen LogP contribution in [0.4, 0.5) is 4.79 Å². The molecule has 0 aliphatic carbocycles. The van der Waals surface area contributed by atoms with Crippen molar-refractivity contribution in [2.75, 3.05) is 26.8 Å². The number of amides is 2. The number of ether oxygens (including phenoxy) is 1. The Morgan fingerprint density at radius 2 is 2.33 bits per heavy atom. The van der Waals surface area contributed by atoms with Crippen molar-refractivity contribution in [2.45, 2.75) is 13.0 Å². The van der Waals surface area contributed by atoms with Gasteiger partial charge in [0, 0.05) is 25.6 Å². The van der Waals surface area contributed by atoms with E-state index in [-0.39, 0.29) is 24.7 Å². The maximum Gasteiger partial charge on any atom is 0.355 e. The number of aromatic carboxylic acids is 1. The lowest BCUT2D eigenvalue weighted by atomic mass is 10.4. The maximum atomic E-state index is 12.0. The van der Waals surface area contributed by atoms with Gasteiger partial charge in [-0.15, -0.1) is 11.3 Å². The number of methoxy groups -OCH3 is 1. The summed E-state index contributed by atoms with van der Waals surface area (Å²) in [7, 11) is 1.53. The first kappa shape index (κ1) is 16.9. The third kappa shape index (κ3) is 5.76. The summed E-state index contributed by atoms with van der Waals surface area (Å²) in [6.45, 7) is 1.21. The van der Waals surface area contributed by atoms with Gasteiger partial charge in [-0.1, -0.05) is 0 Å². The monoisotopic (exact) mass is 312 g/mol. The van der Waals surface area contributed by atoms with E-state index in [4.69, 9.17) is 15.1 Å². The second kappa shape index (κ2) is 8.89. The molecular weight excluding hydrogens is 296 g/mol. The largest absolute Gasteiger partial charge is 0.476 e. The standard InChI is InChI=1S/C12H16N4O4S/c1-20-6-5-16(4-2-3-13)12(19)14-7-10-15-9(8-21-10)11(17)18/h8H,2,4-7H2,1H3,(H,14,19)(H,17,18). The summed E-state index contributed by atoms with van der Waals surface area (Å²) >= 11 is 1.17. The van der Waals surface area contributed by atoms with Gasteiger partial charge in [0.05, 0.1) is 25.6 Å². The molecule has 21 heavy (non-hydrogen) atoms. The van der Waals surface area contributed by atoms with E-state index in [1.807, 2.05) is 6.07 Å². The first-order chi connectivity index (χ1) is 10.1. The lowest BCUT2D eigenvalue weighted by Gasteiger charge is -2.21. The molecule has 0 bridgehead atoms. The minimum Gasteiger partial charge on any atom is -0.476 e. The molecule has 1 heterocycles. The Labute approximate surface area is 126 Å². The fraction of sp³-hybridized carbons (Fsp3) is 0.500. The molecular formula is C12H16N4O4S. The molecule has 9 heteroatoms. The highest BCUT2D eigenvalue weighted by atomic mass is 32.1. The quantitative estimate of drug-likeness (QED) is 0.737. The molecule has 0 radical (unpaired) electrons. The number of urea groups is 1. The minimum absolute atomic E-state index is 0.0371. The van der Waals surface area contributed by atoms with Crippen molar-refractivity contribution in [1.29, 1.82) is 5.26 Å². The topological polar surface area (TPSA) is 116 Å². The number of hydrogen-bond acceptors (Lipinski definition) is 6. The highest BCUT2D eigenvalue weighted by Gasteiger charge is 2.14. The van der Waals surface area contributed by atoms with Crippen molar-refractivity contribution in [2.24, 2.45) is 0 Å². The highest BCUT2D eigenvalue weighted by Crippen LogP contribution is 2.09. The normalized spacial score (nSPS) is 9.90. The van der Waals surface area contributed by atoms with E-state index in [1.54, 1.807) is 0 Å². The molecule has 2 amide bonds. The Kier molecular flexibility index (Phi) is 7.14. The number of rotatable bonds is 8. The molecule has 0 aliphatic rings. The number of hydrogen-bond donors (Lipinski definition) is 2. The number of thiazole rings is 1. The predicted molar refractivity (Wildman–Crippen MR) is 75.0 cm³/mol. The zero-order valence-corrected chi connectivity index (χ0v) is 12.4. The number of carboxylic acid groups (broad SMARTS) is 1. The van der Waals surface area contributed by atoms with E-state index in [0.29, 0.717) is 24.7 Å². The zero-order chi connectivity index (χ0) is 15.7. The van der Waals surface area contributed by atoms with Gasteiger partial charge < -0.3 is 20.1 Å². The Hall–Kier alpha value is -2.18. The summed E-state index contributed by atoms with van der Waals surface area (Å²) in [5.41, 5.74) is -0.0371. The molecule has 0 atom stereocenters. The molecule has 1 aromatic rings. The minimum atomic E-state index is -1.10. The Bertz CT molecular complexity index is 526. The highest BCUT2D eigenvalue weighted by molar-refractivity contribution is 7.09. The van der Waals surface area contributed by atoms with Crippen LogP contribution in [-0.2, 0) is 11.3 Å². The van der Waals surface area contributed by atoms with Crippen LogP contribution in [0.3, 0.4) is 0 Å². The molecule has 1 rings (SSSR count). The molecule has 0 spiro atoms. The van der Waals surface area contributed by atoms with Gasteiger partial charge >= 0.3 is 12.0 Å². The van der Waals surface area contributed by atoms with E-state index in [9.17, 15) is 9.59 Å². The Balaban J connectivity index is 2.51. The lowest BCUT2D eigenvalue weighted by Crippen LogP contribution is -2.41. The third-order valence-electron chi connectivity index (χ3n) is 2.51. The number of carbonyl (C=O) groups excluding carboxylic acids is 1. The van der Waals surface area contributed by atoms with Crippen LogP contribution in [0.2, 0.25) is 0 Å². The molecule has 0 saturated heterocycles. The number of carbonyl (C=O) groups is 2. The average Bonchev–Trinajstić information content (AvgIpc) is 2.94. The molecule has 1 aromatic heterocycles. The van der Waals surface area contributed by atoms with Gasteiger partial charge in [0.15, 0.2) is 5.69 Å². The van der Waals surface area contributed by atoms with E-state index >= 15 is 0 Å². The molecule has 114 valence electrons. The van der Waals surface area contributed by atoms with Crippen LogP contribution in [0.15, 0.2) is 5.38 Å². The summed E-state index contributed by atoms with van der Waals surface area (Å²) in [5.74, 6) is -1.10. The van der Waals surface area contributed by atoms with Gasteiger partial charge in [-0.3, -0.25) is 0 Å². The van der Waals surface area contributed by atoms with E-state index in [2.05, 4.69) is 10.3 Å². The number of aromatic nitrogens is 1. The molecule has 0 saturated carbocycles. The van der Waals surface area contributed by atoms with Gasteiger partial charge in [0.2, 0.25) is 0 Å². The van der Waals surface area contributed by atoms with E-state index < -0.39 is 5.97 Å². The fourth-order valence-corrected chi connectivity index (χ4v) is 2.16. The smallest absolute Gasteiger partial charge is 0.355 e. The molecule has 0 aromatic carbocycles. The van der Waals surface area contributed by atoms with Crippen LogP contribution in [0, 0.1) is 11.3 Å². The predicted octanol–water partition coefficient (Wildman–Crippen LogP) is 0.913. The van der Waals surface area contributed by atoms with Gasteiger partial charge in [-0.2, -0.15) is 5.26 Å². The number of nitrogens with zero attached hydrogens (tertiary/aromatic N) is 3. The van der Waals surface area contributed by atoms with Gasteiger partial charge in [-0.05, 0) is 0 Å². The maximum absolute atomic E-state index is 12.0. The number of carboxylic acids is 1. The van der Waals surface area contributed by atoms with Crippen molar-refractivity contribution in [3.8, 4) is 6.07 Å².